The van der Waals surface area contributed by atoms with Gasteiger partial charge in [0.1, 0.15) is 5.78 Å². The van der Waals surface area contributed by atoms with Gasteiger partial charge in [-0.1, -0.05) is 0 Å². The maximum atomic E-state index is 11.9. The van der Waals surface area contributed by atoms with Crippen LogP contribution in [0.2, 0.25) is 0 Å². The Bertz CT molecular complexity index is 178. The van der Waals surface area contributed by atoms with Crippen molar-refractivity contribution in [3.63, 3.8) is 0 Å². The molecule has 1 saturated heterocycles. The maximum Gasteiger partial charge on any atom is 0.389 e. The van der Waals surface area contributed by atoms with Crippen LogP contribution < -0.4 is 0 Å². The molecule has 1 aliphatic heterocycles. The fraction of sp³-hybridized carbons (Fsp3) is 0.857. The minimum atomic E-state index is -4.19. The summed E-state index contributed by atoms with van der Waals surface area (Å²) < 4.78 is 35.6. The third-order valence-corrected chi connectivity index (χ3v) is 2.80. The number of carbonyl (C=O) groups excluding carboxylic acids is 1. The van der Waals surface area contributed by atoms with Gasteiger partial charge in [-0.2, -0.15) is 24.9 Å². The zero-order chi connectivity index (χ0) is 9.19. The van der Waals surface area contributed by atoms with E-state index in [0.29, 0.717) is 12.2 Å². The van der Waals surface area contributed by atoms with Crippen LogP contribution in [-0.2, 0) is 4.79 Å². The number of halogens is 3. The molecule has 0 spiro atoms. The second-order valence-corrected chi connectivity index (χ2v) is 3.93. The molecule has 0 aliphatic carbocycles. The quantitative estimate of drug-likeness (QED) is 0.642. The fourth-order valence-electron chi connectivity index (χ4n) is 1.17. The van der Waals surface area contributed by atoms with Crippen molar-refractivity contribution in [2.24, 2.45) is 5.92 Å². The van der Waals surface area contributed by atoms with Crippen molar-refractivity contribution in [2.45, 2.75) is 19.0 Å². The summed E-state index contributed by atoms with van der Waals surface area (Å²) in [4.78, 5) is 11.0. The Labute approximate surface area is 72.7 Å². The third kappa shape index (κ3) is 3.05. The predicted octanol–water partition coefficient (Wildman–Crippen LogP) is 2.26. The number of hydrogen-bond donors (Lipinski definition) is 0. The van der Waals surface area contributed by atoms with E-state index in [9.17, 15) is 18.0 Å². The highest BCUT2D eigenvalue weighted by Gasteiger charge is 2.35. The lowest BCUT2D eigenvalue weighted by Gasteiger charge is -2.20. The van der Waals surface area contributed by atoms with Gasteiger partial charge in [-0.25, -0.2) is 0 Å². The molecule has 1 nitrogen and oxygen atoms in total. The van der Waals surface area contributed by atoms with E-state index in [1.165, 1.54) is 11.8 Å². The van der Waals surface area contributed by atoms with E-state index in [2.05, 4.69) is 0 Å². The van der Waals surface area contributed by atoms with Gasteiger partial charge in [0.15, 0.2) is 0 Å². The van der Waals surface area contributed by atoms with Gasteiger partial charge < -0.3 is 0 Å². The molecule has 1 atom stereocenters. The van der Waals surface area contributed by atoms with Gasteiger partial charge in [0.05, 0.1) is 12.2 Å². The summed E-state index contributed by atoms with van der Waals surface area (Å²) >= 11 is 1.42. The molecule has 70 valence electrons. The summed E-state index contributed by atoms with van der Waals surface area (Å²) in [5.74, 6) is -0.0948. The van der Waals surface area contributed by atoms with Crippen LogP contribution in [0, 0.1) is 5.92 Å². The Balaban J connectivity index is 2.45. The standard InChI is InChI=1S/C7H9F3OS/c8-7(9,10)3-5-1-2-12-4-6(5)11/h5H,1-4H2. The van der Waals surface area contributed by atoms with Gasteiger partial charge in [-0.15, -0.1) is 0 Å². The van der Waals surface area contributed by atoms with Gasteiger partial charge in [0.2, 0.25) is 0 Å². The summed E-state index contributed by atoms with van der Waals surface area (Å²) in [7, 11) is 0. The van der Waals surface area contributed by atoms with Crippen molar-refractivity contribution in [2.75, 3.05) is 11.5 Å². The SMILES string of the molecule is O=C1CSCCC1CC(F)(F)F. The lowest BCUT2D eigenvalue weighted by molar-refractivity contribution is -0.152. The Hall–Kier alpha value is -0.190. The molecule has 0 aromatic heterocycles. The molecule has 5 heteroatoms. The highest BCUT2D eigenvalue weighted by Crippen LogP contribution is 2.31. The summed E-state index contributed by atoms with van der Waals surface area (Å²) in [5, 5.41) is 0. The van der Waals surface area contributed by atoms with Crippen LogP contribution in [0.3, 0.4) is 0 Å². The molecule has 1 aliphatic rings. The number of hydrogen-bond acceptors (Lipinski definition) is 2. The first-order chi connectivity index (χ1) is 5.49. The molecule has 0 N–H and O–H groups in total. The molecule has 1 unspecified atom stereocenters. The first-order valence-electron chi connectivity index (χ1n) is 3.66. The minimum absolute atomic E-state index is 0.247. The summed E-state index contributed by atoms with van der Waals surface area (Å²) in [5.41, 5.74) is 0. The number of rotatable bonds is 1. The molecule has 12 heavy (non-hydrogen) atoms. The number of alkyl halides is 3. The molecule has 0 aromatic rings. The Morgan fingerprint density at radius 2 is 2.17 bits per heavy atom. The zero-order valence-corrected chi connectivity index (χ0v) is 7.17. The van der Waals surface area contributed by atoms with Crippen molar-refractivity contribution < 1.29 is 18.0 Å². The van der Waals surface area contributed by atoms with Crippen molar-refractivity contribution in [3.8, 4) is 0 Å². The summed E-state index contributed by atoms with van der Waals surface area (Å²) in [6, 6.07) is 0. The Morgan fingerprint density at radius 3 is 2.67 bits per heavy atom. The van der Waals surface area contributed by atoms with Crippen LogP contribution in [0.5, 0.6) is 0 Å². The van der Waals surface area contributed by atoms with Crippen molar-refractivity contribution >= 4 is 17.5 Å². The van der Waals surface area contributed by atoms with Crippen molar-refractivity contribution in [1.82, 2.24) is 0 Å². The molecule has 0 amide bonds. The smallest absolute Gasteiger partial charge is 0.298 e. The van der Waals surface area contributed by atoms with E-state index in [1.807, 2.05) is 0 Å². The predicted molar refractivity (Wildman–Crippen MR) is 41.1 cm³/mol. The lowest BCUT2D eigenvalue weighted by Crippen LogP contribution is -2.27. The van der Waals surface area contributed by atoms with Gasteiger partial charge in [-0.3, -0.25) is 4.79 Å². The minimum Gasteiger partial charge on any atom is -0.298 e. The molecule has 1 fully saturated rings. The third-order valence-electron chi connectivity index (χ3n) is 1.79. The normalized spacial score (nSPS) is 25.9. The number of carbonyl (C=O) groups is 1. The van der Waals surface area contributed by atoms with Crippen LogP contribution >= 0.6 is 11.8 Å². The molecular formula is C7H9F3OS. The van der Waals surface area contributed by atoms with E-state index in [1.54, 1.807) is 0 Å². The van der Waals surface area contributed by atoms with Gasteiger partial charge in [0, 0.05) is 5.92 Å². The Kier molecular flexibility index (Phi) is 3.04. The number of ketones is 1. The first kappa shape index (κ1) is 9.89. The molecular weight excluding hydrogens is 189 g/mol. The van der Waals surface area contributed by atoms with E-state index < -0.39 is 18.5 Å². The average molecular weight is 198 g/mol. The monoisotopic (exact) mass is 198 g/mol. The number of thioether (sulfide) groups is 1. The van der Waals surface area contributed by atoms with E-state index in [0.717, 1.165) is 0 Å². The molecule has 1 rings (SSSR count). The average Bonchev–Trinajstić information content (AvgIpc) is 1.91. The fourth-order valence-corrected chi connectivity index (χ4v) is 2.20. The van der Waals surface area contributed by atoms with Crippen LogP contribution in [0.4, 0.5) is 13.2 Å². The largest absolute Gasteiger partial charge is 0.389 e. The number of Topliss-reactive ketones (excluding diaryl/α,β-unsaturated/α-hetero) is 1. The van der Waals surface area contributed by atoms with Crippen molar-refractivity contribution in [3.05, 3.63) is 0 Å². The van der Waals surface area contributed by atoms with Crippen molar-refractivity contribution in [1.29, 1.82) is 0 Å². The lowest BCUT2D eigenvalue weighted by atomic mass is 9.97. The summed E-state index contributed by atoms with van der Waals surface area (Å²) in [6.07, 6.45) is -4.75. The van der Waals surface area contributed by atoms with Crippen LogP contribution in [-0.4, -0.2) is 23.5 Å². The van der Waals surface area contributed by atoms with Gasteiger partial charge in [0.25, 0.3) is 0 Å². The molecule has 0 saturated carbocycles. The first-order valence-corrected chi connectivity index (χ1v) is 4.82. The Morgan fingerprint density at radius 1 is 1.50 bits per heavy atom. The maximum absolute atomic E-state index is 11.9. The van der Waals surface area contributed by atoms with Crippen LogP contribution in [0.15, 0.2) is 0 Å². The van der Waals surface area contributed by atoms with Crippen LogP contribution in [0.1, 0.15) is 12.8 Å². The topological polar surface area (TPSA) is 17.1 Å². The molecule has 0 aromatic carbocycles. The molecule has 1 heterocycles. The van der Waals surface area contributed by atoms with Crippen LogP contribution in [0.25, 0.3) is 0 Å². The van der Waals surface area contributed by atoms with Gasteiger partial charge >= 0.3 is 6.18 Å². The second-order valence-electron chi connectivity index (χ2n) is 2.82. The van der Waals surface area contributed by atoms with E-state index >= 15 is 0 Å². The molecule has 0 bridgehead atoms. The van der Waals surface area contributed by atoms with E-state index in [-0.39, 0.29) is 11.5 Å². The highest BCUT2D eigenvalue weighted by molar-refractivity contribution is 8.00. The van der Waals surface area contributed by atoms with E-state index in [4.69, 9.17) is 0 Å². The van der Waals surface area contributed by atoms with Gasteiger partial charge in [-0.05, 0) is 12.2 Å². The second kappa shape index (κ2) is 3.68. The highest BCUT2D eigenvalue weighted by atomic mass is 32.2. The molecule has 0 radical (unpaired) electrons. The zero-order valence-electron chi connectivity index (χ0n) is 6.36. The summed E-state index contributed by atoms with van der Waals surface area (Å²) in [6.45, 7) is 0.